The molecule has 154 valence electrons. The van der Waals surface area contributed by atoms with Crippen LogP contribution in [0.5, 0.6) is 11.5 Å². The maximum absolute atomic E-state index is 10.4. The van der Waals surface area contributed by atoms with Crippen LogP contribution >= 0.6 is 0 Å². The van der Waals surface area contributed by atoms with Gasteiger partial charge in [0.2, 0.25) is 0 Å². The Bertz CT molecular complexity index is 1140. The van der Waals surface area contributed by atoms with E-state index in [1.54, 1.807) is 12.1 Å². The van der Waals surface area contributed by atoms with Crippen molar-refractivity contribution in [1.82, 2.24) is 10.6 Å². The smallest absolute Gasteiger partial charge is 0.133 e. The molecule has 0 fully saturated rings. The van der Waals surface area contributed by atoms with Crippen molar-refractivity contribution in [3.63, 3.8) is 0 Å². The van der Waals surface area contributed by atoms with E-state index < -0.39 is 6.17 Å². The predicted molar refractivity (Wildman–Crippen MR) is 120 cm³/mol. The third-order valence-corrected chi connectivity index (χ3v) is 5.55. The average Bonchev–Trinajstić information content (AvgIpc) is 2.67. The molecular weight excluding hydrogens is 374 g/mol. The summed E-state index contributed by atoms with van der Waals surface area (Å²) in [5.74, 6) is 0.806. The summed E-state index contributed by atoms with van der Waals surface area (Å²) in [6.07, 6.45) is -0.648. The predicted octanol–water partition coefficient (Wildman–Crippen LogP) is 4.67. The molecular formula is C25H27N3O2. The van der Waals surface area contributed by atoms with Gasteiger partial charge in [-0.25, -0.2) is 4.99 Å². The number of amidine groups is 1. The molecule has 4 rings (SSSR count). The third kappa shape index (κ3) is 3.89. The molecule has 30 heavy (non-hydrogen) atoms. The SMILES string of the molecule is Cc1ccc(C2=NC(c3ccc(O)cc3O)NC(c3ccc(C)cc3C)N2)c(C)c1. The Morgan fingerprint density at radius 2 is 1.43 bits per heavy atom. The molecule has 1 aliphatic rings. The molecule has 0 saturated heterocycles. The molecule has 3 aromatic carbocycles. The van der Waals surface area contributed by atoms with Crippen LogP contribution in [0.15, 0.2) is 59.6 Å². The zero-order chi connectivity index (χ0) is 21.4. The van der Waals surface area contributed by atoms with Gasteiger partial charge in [-0.05, 0) is 56.5 Å². The lowest BCUT2D eigenvalue weighted by Crippen LogP contribution is -2.45. The second-order valence-electron chi connectivity index (χ2n) is 8.05. The average molecular weight is 402 g/mol. The Hall–Kier alpha value is -3.31. The quantitative estimate of drug-likeness (QED) is 0.514. The highest BCUT2D eigenvalue weighted by molar-refractivity contribution is 6.00. The summed E-state index contributed by atoms with van der Waals surface area (Å²) in [7, 11) is 0. The molecule has 3 aromatic rings. The molecule has 0 saturated carbocycles. The lowest BCUT2D eigenvalue weighted by molar-refractivity contribution is 0.387. The number of benzene rings is 3. The topological polar surface area (TPSA) is 76.9 Å². The molecule has 0 amide bonds. The summed E-state index contributed by atoms with van der Waals surface area (Å²) in [5.41, 5.74) is 7.49. The van der Waals surface area contributed by atoms with Crippen LogP contribution in [0.1, 0.15) is 51.3 Å². The van der Waals surface area contributed by atoms with Crippen molar-refractivity contribution in [1.29, 1.82) is 0 Å². The molecule has 0 aromatic heterocycles. The maximum Gasteiger partial charge on any atom is 0.133 e. The van der Waals surface area contributed by atoms with Gasteiger partial charge in [-0.15, -0.1) is 0 Å². The second kappa shape index (κ2) is 7.84. The molecule has 1 aliphatic heterocycles. The first kappa shape index (κ1) is 20.0. The van der Waals surface area contributed by atoms with E-state index in [1.165, 1.54) is 22.8 Å². The van der Waals surface area contributed by atoms with Crippen LogP contribution in [0.2, 0.25) is 0 Å². The Morgan fingerprint density at radius 1 is 0.767 bits per heavy atom. The molecule has 4 N–H and O–H groups in total. The zero-order valence-electron chi connectivity index (χ0n) is 17.7. The van der Waals surface area contributed by atoms with Crippen LogP contribution in [0.25, 0.3) is 0 Å². The number of nitrogens with zero attached hydrogens (tertiary/aromatic N) is 1. The maximum atomic E-state index is 10.4. The van der Waals surface area contributed by atoms with Gasteiger partial charge >= 0.3 is 0 Å². The molecule has 5 nitrogen and oxygen atoms in total. The molecule has 2 unspecified atom stereocenters. The monoisotopic (exact) mass is 401 g/mol. The summed E-state index contributed by atoms with van der Waals surface area (Å²) in [5, 5.41) is 27.2. The van der Waals surface area contributed by atoms with E-state index in [0.717, 1.165) is 22.5 Å². The second-order valence-corrected chi connectivity index (χ2v) is 8.05. The molecule has 0 aliphatic carbocycles. The first-order chi connectivity index (χ1) is 14.3. The Morgan fingerprint density at radius 3 is 2.10 bits per heavy atom. The number of aliphatic imine (C=N–C) groups is 1. The molecule has 0 bridgehead atoms. The number of aryl methyl sites for hydroxylation is 4. The Labute approximate surface area is 177 Å². The highest BCUT2D eigenvalue weighted by atomic mass is 16.3. The van der Waals surface area contributed by atoms with E-state index in [0.29, 0.717) is 5.56 Å². The van der Waals surface area contributed by atoms with Gasteiger partial charge in [0.05, 0.1) is 0 Å². The Kier molecular flexibility index (Phi) is 5.22. The normalized spacial score (nSPS) is 18.6. The lowest BCUT2D eigenvalue weighted by atomic mass is 9.99. The van der Waals surface area contributed by atoms with Crippen LogP contribution in [0, 0.1) is 27.7 Å². The van der Waals surface area contributed by atoms with Gasteiger partial charge in [0, 0.05) is 17.2 Å². The standard InChI is InChI=1S/C25H27N3O2/c1-14-5-8-19(16(3)11-14)23-26-24(20-9-6-15(2)12-17(20)4)28-25(27-23)21-10-7-18(29)13-22(21)30/h5-13,23,25,27,29-30H,1-4H3,(H,26,28). The van der Waals surface area contributed by atoms with Gasteiger partial charge in [-0.3, -0.25) is 5.32 Å². The summed E-state index contributed by atoms with van der Waals surface area (Å²) in [6, 6.07) is 17.3. The van der Waals surface area contributed by atoms with Gasteiger partial charge in [0.15, 0.2) is 0 Å². The van der Waals surface area contributed by atoms with E-state index in [4.69, 9.17) is 4.99 Å². The minimum absolute atomic E-state index is 0.0116. The van der Waals surface area contributed by atoms with Crippen molar-refractivity contribution in [3.05, 3.63) is 93.5 Å². The van der Waals surface area contributed by atoms with Crippen LogP contribution in [0.3, 0.4) is 0 Å². The molecule has 0 spiro atoms. The van der Waals surface area contributed by atoms with Gasteiger partial charge in [0.1, 0.15) is 29.7 Å². The van der Waals surface area contributed by atoms with Gasteiger partial charge in [-0.1, -0.05) is 47.5 Å². The van der Waals surface area contributed by atoms with Gasteiger partial charge in [-0.2, -0.15) is 0 Å². The Balaban J connectivity index is 1.81. The third-order valence-electron chi connectivity index (χ3n) is 5.55. The summed E-state index contributed by atoms with van der Waals surface area (Å²) in [4.78, 5) is 4.88. The largest absolute Gasteiger partial charge is 0.508 e. The molecule has 0 radical (unpaired) electrons. The zero-order valence-corrected chi connectivity index (χ0v) is 17.7. The van der Waals surface area contributed by atoms with Crippen molar-refractivity contribution in [2.45, 2.75) is 40.0 Å². The number of phenols is 2. The lowest BCUT2D eigenvalue weighted by Gasteiger charge is -2.33. The van der Waals surface area contributed by atoms with Crippen LogP contribution in [0.4, 0.5) is 0 Å². The molecule has 5 heteroatoms. The van der Waals surface area contributed by atoms with E-state index >= 15 is 0 Å². The van der Waals surface area contributed by atoms with Crippen molar-refractivity contribution in [2.24, 2.45) is 4.99 Å². The van der Waals surface area contributed by atoms with Gasteiger partial charge in [0.25, 0.3) is 0 Å². The first-order valence-electron chi connectivity index (χ1n) is 10.1. The van der Waals surface area contributed by atoms with E-state index in [9.17, 15) is 10.2 Å². The number of hydrogen-bond acceptors (Lipinski definition) is 5. The minimum Gasteiger partial charge on any atom is -0.508 e. The number of rotatable bonds is 3. The van der Waals surface area contributed by atoms with Gasteiger partial charge < -0.3 is 15.5 Å². The number of nitrogens with one attached hydrogen (secondary N) is 2. The van der Waals surface area contributed by atoms with Crippen molar-refractivity contribution in [3.8, 4) is 11.5 Å². The van der Waals surface area contributed by atoms with Crippen molar-refractivity contribution in [2.75, 3.05) is 0 Å². The fourth-order valence-electron chi connectivity index (χ4n) is 4.01. The highest BCUT2D eigenvalue weighted by Gasteiger charge is 2.28. The minimum atomic E-state index is -0.465. The first-order valence-corrected chi connectivity index (χ1v) is 10.1. The van der Waals surface area contributed by atoms with Crippen molar-refractivity contribution >= 4 is 5.84 Å². The summed E-state index contributed by atoms with van der Waals surface area (Å²) in [6.45, 7) is 8.33. The van der Waals surface area contributed by atoms with Crippen LogP contribution in [-0.4, -0.2) is 16.0 Å². The van der Waals surface area contributed by atoms with E-state index in [2.05, 4.69) is 74.7 Å². The fourth-order valence-corrected chi connectivity index (χ4v) is 4.01. The number of hydrogen-bond donors (Lipinski definition) is 4. The molecule has 2 atom stereocenters. The van der Waals surface area contributed by atoms with E-state index in [-0.39, 0.29) is 17.7 Å². The highest BCUT2D eigenvalue weighted by Crippen LogP contribution is 2.33. The van der Waals surface area contributed by atoms with E-state index in [1.807, 2.05) is 0 Å². The van der Waals surface area contributed by atoms with Crippen LogP contribution in [-0.2, 0) is 0 Å². The fraction of sp³-hybridized carbons (Fsp3) is 0.240. The number of phenolic OH excluding ortho intramolecular Hbond substituents is 2. The summed E-state index contributed by atoms with van der Waals surface area (Å²) < 4.78 is 0. The summed E-state index contributed by atoms with van der Waals surface area (Å²) >= 11 is 0. The van der Waals surface area contributed by atoms with Crippen molar-refractivity contribution < 1.29 is 10.2 Å². The van der Waals surface area contributed by atoms with Crippen LogP contribution < -0.4 is 10.6 Å². The molecule has 1 heterocycles. The number of aromatic hydroxyl groups is 2.